The van der Waals surface area contributed by atoms with Gasteiger partial charge in [0, 0.05) is 57.4 Å². The fourth-order valence-electron chi connectivity index (χ4n) is 5.14. The Hall–Kier alpha value is -3.16. The summed E-state index contributed by atoms with van der Waals surface area (Å²) >= 11 is 0. The number of nitrogens with zero attached hydrogens (tertiary/aromatic N) is 4. The van der Waals surface area contributed by atoms with E-state index in [1.54, 1.807) is 0 Å². The number of alkyl halides is 6. The minimum Gasteiger partial charge on any atom is -0.394 e. The first-order valence-electron chi connectivity index (χ1n) is 13.7. The smallest absolute Gasteiger partial charge is 0.394 e. The van der Waals surface area contributed by atoms with Gasteiger partial charge in [-0.15, -0.1) is 0 Å². The van der Waals surface area contributed by atoms with Crippen molar-refractivity contribution in [2.75, 3.05) is 65.6 Å². The van der Waals surface area contributed by atoms with Gasteiger partial charge >= 0.3 is 12.4 Å². The lowest BCUT2D eigenvalue weighted by Crippen LogP contribution is -2.56. The molecule has 2 fully saturated rings. The average molecular weight is 601 g/mol. The zero-order valence-electron chi connectivity index (χ0n) is 23.3. The normalized spacial score (nSPS) is 19.6. The standard InChI is InChI=1S/C29H34F6N4O3/c1-21(36-42-14-11-37-9-12-41-13-10-37)19-38-7-8-39(26(20-38)15-22-5-3-2-4-6-22)27(40)23-16-24(28(30,31)32)18-25(17-23)29(33,34)35/h2-6,16-18,26H,7-15,19-20H2,1H3. The first-order valence-corrected chi connectivity index (χ1v) is 13.7. The quantitative estimate of drug-likeness (QED) is 0.179. The lowest BCUT2D eigenvalue weighted by atomic mass is 9.99. The van der Waals surface area contributed by atoms with Crippen LogP contribution in [0.4, 0.5) is 26.3 Å². The minimum atomic E-state index is -5.04. The highest BCUT2D eigenvalue weighted by atomic mass is 19.4. The molecule has 0 saturated carbocycles. The van der Waals surface area contributed by atoms with Gasteiger partial charge in [0.1, 0.15) is 6.61 Å². The first kappa shape index (κ1) is 31.8. The van der Waals surface area contributed by atoms with Crippen LogP contribution in [0.1, 0.15) is 34.0 Å². The van der Waals surface area contributed by atoms with E-state index in [4.69, 9.17) is 9.57 Å². The predicted octanol–water partition coefficient (Wildman–Crippen LogP) is 4.82. The van der Waals surface area contributed by atoms with Crippen LogP contribution in [0.5, 0.6) is 0 Å². The molecule has 1 atom stereocenters. The average Bonchev–Trinajstić information content (AvgIpc) is 2.95. The maximum absolute atomic E-state index is 13.5. The molecule has 0 spiro atoms. The van der Waals surface area contributed by atoms with Crippen molar-refractivity contribution in [2.24, 2.45) is 5.16 Å². The van der Waals surface area contributed by atoms with E-state index in [-0.39, 0.29) is 12.6 Å². The van der Waals surface area contributed by atoms with Gasteiger partial charge in [-0.3, -0.25) is 14.6 Å². The SMILES string of the molecule is CC(CN1CCN(C(=O)c2cc(C(F)(F)F)cc(C(F)(F)F)c2)C(Cc2ccccc2)C1)=NOCCN1CCOCC1. The number of halogens is 6. The number of morpholine rings is 1. The molecule has 2 saturated heterocycles. The van der Waals surface area contributed by atoms with Gasteiger partial charge in [-0.2, -0.15) is 26.3 Å². The van der Waals surface area contributed by atoms with E-state index in [2.05, 4.69) is 15.0 Å². The fourth-order valence-corrected chi connectivity index (χ4v) is 5.14. The molecule has 230 valence electrons. The number of piperazine rings is 1. The van der Waals surface area contributed by atoms with Gasteiger partial charge in [0.25, 0.3) is 5.91 Å². The molecule has 42 heavy (non-hydrogen) atoms. The summed E-state index contributed by atoms with van der Waals surface area (Å²) < 4.78 is 86.1. The first-order chi connectivity index (χ1) is 19.9. The largest absolute Gasteiger partial charge is 0.416 e. The monoisotopic (exact) mass is 600 g/mol. The number of hydrogen-bond donors (Lipinski definition) is 0. The van der Waals surface area contributed by atoms with Crippen LogP contribution in [0, 0.1) is 0 Å². The van der Waals surface area contributed by atoms with Crippen molar-refractivity contribution in [3.05, 3.63) is 70.8 Å². The Bertz CT molecular complexity index is 1180. The highest BCUT2D eigenvalue weighted by molar-refractivity contribution is 5.95. The molecule has 2 aromatic carbocycles. The van der Waals surface area contributed by atoms with E-state index < -0.39 is 41.0 Å². The van der Waals surface area contributed by atoms with Crippen molar-refractivity contribution >= 4 is 11.6 Å². The highest BCUT2D eigenvalue weighted by Gasteiger charge is 2.39. The number of rotatable bonds is 9. The molecule has 1 amide bonds. The Morgan fingerprint density at radius 2 is 1.57 bits per heavy atom. The molecule has 0 aromatic heterocycles. The number of ether oxygens (including phenoxy) is 1. The molecular formula is C29H34F6N4O3. The van der Waals surface area contributed by atoms with E-state index in [0.717, 1.165) is 25.2 Å². The van der Waals surface area contributed by atoms with Gasteiger partial charge in [-0.25, -0.2) is 0 Å². The zero-order chi connectivity index (χ0) is 30.3. The van der Waals surface area contributed by atoms with Crippen molar-refractivity contribution < 1.29 is 40.7 Å². The molecule has 7 nitrogen and oxygen atoms in total. The topological polar surface area (TPSA) is 57.6 Å². The van der Waals surface area contributed by atoms with Crippen LogP contribution in [0.15, 0.2) is 53.7 Å². The summed E-state index contributed by atoms with van der Waals surface area (Å²) in [5.74, 6) is -0.871. The summed E-state index contributed by atoms with van der Waals surface area (Å²) in [7, 11) is 0. The third-order valence-corrected chi connectivity index (χ3v) is 7.25. The maximum atomic E-state index is 13.5. The summed E-state index contributed by atoms with van der Waals surface area (Å²) in [6.45, 7) is 7.32. The Morgan fingerprint density at radius 3 is 2.19 bits per heavy atom. The third-order valence-electron chi connectivity index (χ3n) is 7.25. The molecule has 0 bridgehead atoms. The summed E-state index contributed by atoms with van der Waals surface area (Å²) in [4.78, 5) is 24.6. The molecule has 1 unspecified atom stereocenters. The summed E-state index contributed by atoms with van der Waals surface area (Å²) in [6.07, 6.45) is -9.71. The molecule has 0 N–H and O–H groups in total. The van der Waals surface area contributed by atoms with Crippen LogP contribution in [0.2, 0.25) is 0 Å². The Labute approximate surface area is 240 Å². The second kappa shape index (κ2) is 13.9. The second-order valence-corrected chi connectivity index (χ2v) is 10.5. The molecule has 13 heteroatoms. The van der Waals surface area contributed by atoms with Gasteiger partial charge < -0.3 is 14.5 Å². The second-order valence-electron chi connectivity index (χ2n) is 10.5. The van der Waals surface area contributed by atoms with E-state index in [0.29, 0.717) is 63.7 Å². The van der Waals surface area contributed by atoms with E-state index in [9.17, 15) is 31.1 Å². The van der Waals surface area contributed by atoms with Crippen molar-refractivity contribution in [1.29, 1.82) is 0 Å². The molecule has 0 radical (unpaired) electrons. The van der Waals surface area contributed by atoms with Crippen molar-refractivity contribution in [1.82, 2.24) is 14.7 Å². The van der Waals surface area contributed by atoms with Crippen molar-refractivity contribution in [3.63, 3.8) is 0 Å². The van der Waals surface area contributed by atoms with Crippen LogP contribution < -0.4 is 0 Å². The molecule has 2 aliphatic rings. The van der Waals surface area contributed by atoms with E-state index in [1.807, 2.05) is 37.3 Å². The van der Waals surface area contributed by atoms with Crippen LogP contribution in [-0.2, 0) is 28.3 Å². The summed E-state index contributed by atoms with van der Waals surface area (Å²) in [5, 5.41) is 4.20. The number of carbonyl (C=O) groups excluding carboxylic acids is 1. The Balaban J connectivity index is 1.47. The third kappa shape index (κ3) is 8.92. The van der Waals surface area contributed by atoms with Crippen LogP contribution in [0.25, 0.3) is 0 Å². The van der Waals surface area contributed by atoms with E-state index in [1.165, 1.54) is 4.90 Å². The van der Waals surface area contributed by atoms with Gasteiger partial charge in [-0.05, 0) is 37.1 Å². The minimum absolute atomic E-state index is 0.0291. The Morgan fingerprint density at radius 1 is 0.929 bits per heavy atom. The lowest BCUT2D eigenvalue weighted by molar-refractivity contribution is -0.143. The van der Waals surface area contributed by atoms with Crippen LogP contribution in [0.3, 0.4) is 0 Å². The van der Waals surface area contributed by atoms with Gasteiger partial charge in [0.05, 0.1) is 30.1 Å². The number of oxime groups is 1. The van der Waals surface area contributed by atoms with Gasteiger partial charge in [0.15, 0.2) is 0 Å². The fraction of sp³-hybridized carbons (Fsp3) is 0.517. The van der Waals surface area contributed by atoms with Crippen LogP contribution >= 0.6 is 0 Å². The zero-order valence-corrected chi connectivity index (χ0v) is 23.3. The Kier molecular flexibility index (Phi) is 10.5. The van der Waals surface area contributed by atoms with Crippen molar-refractivity contribution in [2.45, 2.75) is 31.7 Å². The van der Waals surface area contributed by atoms with Crippen molar-refractivity contribution in [3.8, 4) is 0 Å². The number of amides is 1. The molecule has 2 heterocycles. The molecular weight excluding hydrogens is 566 g/mol. The molecule has 2 aliphatic heterocycles. The van der Waals surface area contributed by atoms with Gasteiger partial charge in [0.2, 0.25) is 0 Å². The number of carbonyl (C=O) groups is 1. The number of benzene rings is 2. The molecule has 4 rings (SSSR count). The summed E-state index contributed by atoms with van der Waals surface area (Å²) in [5.41, 5.74) is -2.07. The lowest BCUT2D eigenvalue weighted by Gasteiger charge is -2.41. The molecule has 0 aliphatic carbocycles. The number of hydrogen-bond acceptors (Lipinski definition) is 6. The van der Waals surface area contributed by atoms with Gasteiger partial charge in [-0.1, -0.05) is 35.5 Å². The highest BCUT2D eigenvalue weighted by Crippen LogP contribution is 2.37. The van der Waals surface area contributed by atoms with Crippen LogP contribution in [-0.4, -0.2) is 98.0 Å². The van der Waals surface area contributed by atoms with E-state index >= 15 is 0 Å². The summed E-state index contributed by atoms with van der Waals surface area (Å²) in [6, 6.07) is 9.74. The predicted molar refractivity (Wildman–Crippen MR) is 144 cm³/mol. The maximum Gasteiger partial charge on any atom is 0.416 e. The molecule has 2 aromatic rings.